The van der Waals surface area contributed by atoms with Crippen LogP contribution in [0.4, 0.5) is 0 Å². The minimum atomic E-state index is -0.876. The van der Waals surface area contributed by atoms with Crippen LogP contribution in [0.15, 0.2) is 23.2 Å². The molecule has 1 rings (SSSR count). The summed E-state index contributed by atoms with van der Waals surface area (Å²) in [6, 6.07) is 6.28. The second-order valence-corrected chi connectivity index (χ2v) is 9.23. The molecule has 0 radical (unpaired) electrons. The number of ether oxygens (including phenoxy) is 1. The summed E-state index contributed by atoms with van der Waals surface area (Å²) in [5, 5.41) is 6.56. The van der Waals surface area contributed by atoms with Crippen LogP contribution in [-0.4, -0.2) is 47.4 Å². The molecule has 0 aliphatic rings. The predicted molar refractivity (Wildman–Crippen MR) is 108 cm³/mol. The third-order valence-electron chi connectivity index (χ3n) is 3.75. The number of nitrogens with one attached hydrogen (secondary N) is 2. The molecule has 0 bridgehead atoms. The highest BCUT2D eigenvalue weighted by Gasteiger charge is 2.18. The number of nitrogens with zero attached hydrogens (tertiary/aromatic N) is 1. The van der Waals surface area contributed by atoms with Crippen molar-refractivity contribution in [2.75, 3.05) is 32.5 Å². The highest BCUT2D eigenvalue weighted by molar-refractivity contribution is 7.86. The van der Waals surface area contributed by atoms with Gasteiger partial charge in [0, 0.05) is 34.4 Å². The molecule has 1 unspecified atom stereocenters. The van der Waals surface area contributed by atoms with E-state index in [1.807, 2.05) is 34.6 Å². The number of methoxy groups -OCH3 is 1. The molecular weight excluding hydrogens is 334 g/mol. The van der Waals surface area contributed by atoms with Crippen molar-refractivity contribution in [1.29, 1.82) is 0 Å². The zero-order valence-electron chi connectivity index (χ0n) is 16.4. The minimum absolute atomic E-state index is 0.189. The minimum Gasteiger partial charge on any atom is -0.496 e. The topological polar surface area (TPSA) is 62.7 Å². The Kier molecular flexibility index (Phi) is 8.97. The number of aryl methyl sites for hydroxylation is 1. The van der Waals surface area contributed by atoms with E-state index < -0.39 is 10.8 Å². The molecule has 1 atom stereocenters. The van der Waals surface area contributed by atoms with Gasteiger partial charge in [-0.15, -0.1) is 0 Å². The quantitative estimate of drug-likeness (QED) is 0.548. The lowest BCUT2D eigenvalue weighted by atomic mass is 10.1. The van der Waals surface area contributed by atoms with E-state index in [0.29, 0.717) is 12.3 Å². The van der Waals surface area contributed by atoms with E-state index in [-0.39, 0.29) is 4.75 Å². The molecule has 0 saturated heterocycles. The lowest BCUT2D eigenvalue weighted by Crippen LogP contribution is -2.38. The van der Waals surface area contributed by atoms with Gasteiger partial charge in [0.2, 0.25) is 0 Å². The Morgan fingerprint density at radius 3 is 2.60 bits per heavy atom. The van der Waals surface area contributed by atoms with Crippen molar-refractivity contribution in [2.24, 2.45) is 4.99 Å². The van der Waals surface area contributed by atoms with Gasteiger partial charge in [-0.3, -0.25) is 9.20 Å². The van der Waals surface area contributed by atoms with Gasteiger partial charge in [0.1, 0.15) is 5.75 Å². The molecular formula is C19H33N3O2S. The van der Waals surface area contributed by atoms with E-state index in [9.17, 15) is 4.21 Å². The van der Waals surface area contributed by atoms with Gasteiger partial charge in [0.05, 0.1) is 13.7 Å². The van der Waals surface area contributed by atoms with Crippen LogP contribution in [0.3, 0.4) is 0 Å². The number of rotatable bonds is 8. The van der Waals surface area contributed by atoms with Crippen molar-refractivity contribution in [3.05, 3.63) is 29.3 Å². The second-order valence-electron chi connectivity index (χ2n) is 6.90. The van der Waals surface area contributed by atoms with Crippen molar-refractivity contribution >= 4 is 16.8 Å². The second kappa shape index (κ2) is 10.4. The molecule has 142 valence electrons. The molecule has 6 heteroatoms. The summed E-state index contributed by atoms with van der Waals surface area (Å²) in [6.07, 6.45) is 0.884. The van der Waals surface area contributed by atoms with Gasteiger partial charge in [-0.2, -0.15) is 0 Å². The van der Waals surface area contributed by atoms with E-state index in [0.717, 1.165) is 36.8 Å². The van der Waals surface area contributed by atoms with Crippen LogP contribution in [0.5, 0.6) is 5.75 Å². The van der Waals surface area contributed by atoms with Gasteiger partial charge >= 0.3 is 0 Å². The first-order chi connectivity index (χ1) is 11.8. The van der Waals surface area contributed by atoms with Crippen molar-refractivity contribution in [3.8, 4) is 5.75 Å². The maximum atomic E-state index is 12.1. The summed E-state index contributed by atoms with van der Waals surface area (Å²) < 4.78 is 17.3. The van der Waals surface area contributed by atoms with E-state index in [1.54, 1.807) is 7.11 Å². The number of guanidine groups is 1. The maximum Gasteiger partial charge on any atom is 0.191 e. The summed E-state index contributed by atoms with van der Waals surface area (Å²) in [7, 11) is 0.821. The zero-order valence-corrected chi connectivity index (χ0v) is 17.3. The third kappa shape index (κ3) is 7.90. The van der Waals surface area contributed by atoms with Crippen LogP contribution in [0.1, 0.15) is 38.8 Å². The van der Waals surface area contributed by atoms with Crippen LogP contribution in [0.2, 0.25) is 0 Å². The van der Waals surface area contributed by atoms with E-state index in [4.69, 9.17) is 4.74 Å². The van der Waals surface area contributed by atoms with Crippen molar-refractivity contribution in [1.82, 2.24) is 10.6 Å². The van der Waals surface area contributed by atoms with E-state index in [1.165, 1.54) is 5.56 Å². The normalized spacial score (nSPS) is 13.4. The molecule has 0 aliphatic heterocycles. The van der Waals surface area contributed by atoms with Crippen LogP contribution in [0.25, 0.3) is 0 Å². The molecule has 1 aromatic rings. The molecule has 1 aromatic carbocycles. The Morgan fingerprint density at radius 2 is 2.00 bits per heavy atom. The highest BCUT2D eigenvalue weighted by Crippen LogP contribution is 2.19. The van der Waals surface area contributed by atoms with Gasteiger partial charge in [-0.05, 0) is 58.2 Å². The van der Waals surface area contributed by atoms with E-state index in [2.05, 4.69) is 33.8 Å². The fourth-order valence-corrected chi connectivity index (χ4v) is 3.10. The van der Waals surface area contributed by atoms with Crippen LogP contribution >= 0.6 is 0 Å². The first-order valence-corrected chi connectivity index (χ1v) is 10.1. The average Bonchev–Trinajstić information content (AvgIpc) is 2.55. The Morgan fingerprint density at radius 1 is 1.28 bits per heavy atom. The smallest absolute Gasteiger partial charge is 0.191 e. The van der Waals surface area contributed by atoms with Gasteiger partial charge in [0.15, 0.2) is 5.96 Å². The molecule has 0 spiro atoms. The summed E-state index contributed by atoms with van der Waals surface area (Å²) in [5.41, 5.74) is 2.36. The Labute approximate surface area is 155 Å². The zero-order chi connectivity index (χ0) is 18.9. The Balaban J connectivity index is 2.52. The standard InChI is InChI=1S/C19H33N3O2S/c1-7-20-18(22-12-13-25(23)19(3,4)5)21-11-10-16-9-8-15(2)17(14-16)24-6/h8-9,14H,7,10-13H2,1-6H3,(H2,20,21,22). The largest absolute Gasteiger partial charge is 0.496 e. The molecule has 0 amide bonds. The third-order valence-corrected chi connectivity index (χ3v) is 5.67. The van der Waals surface area contributed by atoms with Gasteiger partial charge in [-0.1, -0.05) is 12.1 Å². The summed E-state index contributed by atoms with van der Waals surface area (Å²) in [4.78, 5) is 4.52. The Bertz CT molecular complexity index is 595. The van der Waals surface area contributed by atoms with Crippen molar-refractivity contribution in [3.63, 3.8) is 0 Å². The van der Waals surface area contributed by atoms with Crippen LogP contribution < -0.4 is 15.4 Å². The number of hydrogen-bond donors (Lipinski definition) is 2. The predicted octanol–water partition coefficient (Wildman–Crippen LogP) is 2.65. The lowest BCUT2D eigenvalue weighted by Gasteiger charge is -2.17. The lowest BCUT2D eigenvalue weighted by molar-refractivity contribution is 0.411. The highest BCUT2D eigenvalue weighted by atomic mass is 32.2. The monoisotopic (exact) mass is 367 g/mol. The molecule has 0 aromatic heterocycles. The molecule has 0 saturated carbocycles. The molecule has 0 heterocycles. The summed E-state index contributed by atoms with van der Waals surface area (Å²) in [5.74, 6) is 2.27. The van der Waals surface area contributed by atoms with Crippen molar-refractivity contribution in [2.45, 2.75) is 45.8 Å². The number of aliphatic imine (C=N–C) groups is 1. The van der Waals surface area contributed by atoms with Crippen molar-refractivity contribution < 1.29 is 8.95 Å². The SMILES string of the molecule is CCNC(=NCCS(=O)C(C)(C)C)NCCc1ccc(C)c(OC)c1. The van der Waals surface area contributed by atoms with Crippen LogP contribution in [-0.2, 0) is 17.2 Å². The number of benzene rings is 1. The first-order valence-electron chi connectivity index (χ1n) is 8.82. The van der Waals surface area contributed by atoms with Gasteiger partial charge in [-0.25, -0.2) is 0 Å². The van der Waals surface area contributed by atoms with Gasteiger partial charge in [0.25, 0.3) is 0 Å². The Hall–Kier alpha value is -1.56. The molecule has 2 N–H and O–H groups in total. The molecule has 5 nitrogen and oxygen atoms in total. The average molecular weight is 368 g/mol. The molecule has 25 heavy (non-hydrogen) atoms. The van der Waals surface area contributed by atoms with Gasteiger partial charge < -0.3 is 15.4 Å². The fraction of sp³-hybridized carbons (Fsp3) is 0.632. The number of hydrogen-bond acceptors (Lipinski definition) is 3. The fourth-order valence-electron chi connectivity index (χ4n) is 2.23. The summed E-state index contributed by atoms with van der Waals surface area (Å²) in [6.45, 7) is 12.2. The maximum absolute atomic E-state index is 12.1. The van der Waals surface area contributed by atoms with Crippen LogP contribution in [0, 0.1) is 6.92 Å². The molecule has 0 aliphatic carbocycles. The summed E-state index contributed by atoms with van der Waals surface area (Å²) >= 11 is 0. The molecule has 0 fully saturated rings. The van der Waals surface area contributed by atoms with E-state index >= 15 is 0 Å². The first kappa shape index (κ1) is 21.5.